The van der Waals surface area contributed by atoms with Gasteiger partial charge in [-0.25, -0.2) is 0 Å². The zero-order valence-corrected chi connectivity index (χ0v) is 13.3. The molecule has 0 radical (unpaired) electrons. The van der Waals surface area contributed by atoms with Crippen LogP contribution >= 0.6 is 0 Å². The van der Waals surface area contributed by atoms with Gasteiger partial charge in [0, 0.05) is 25.7 Å². The summed E-state index contributed by atoms with van der Waals surface area (Å²) in [7, 11) is -3.48. The molecule has 2 heterocycles. The maximum absolute atomic E-state index is 12.8. The van der Waals surface area contributed by atoms with E-state index in [0.717, 1.165) is 25.9 Å². The molecule has 2 rings (SSSR count). The molecule has 2 aliphatic rings. The first-order valence-electron chi connectivity index (χ1n) is 7.67. The Balaban J connectivity index is 2.04. The van der Waals surface area contributed by atoms with E-state index in [1.807, 2.05) is 6.92 Å². The summed E-state index contributed by atoms with van der Waals surface area (Å²) in [6.07, 6.45) is 2.47. The summed E-state index contributed by atoms with van der Waals surface area (Å²) >= 11 is 0. The minimum Gasteiger partial charge on any atom is -0.481 e. The van der Waals surface area contributed by atoms with E-state index >= 15 is 0 Å². The lowest BCUT2D eigenvalue weighted by atomic mass is 9.99. The fourth-order valence-corrected chi connectivity index (χ4v) is 5.07. The predicted molar refractivity (Wildman–Crippen MR) is 79.1 cm³/mol. The molecule has 8 heteroatoms. The molecule has 0 aliphatic carbocycles. The molecule has 0 aromatic carbocycles. The van der Waals surface area contributed by atoms with Crippen LogP contribution in [-0.4, -0.2) is 66.9 Å². The van der Waals surface area contributed by atoms with Crippen molar-refractivity contribution in [2.75, 3.05) is 32.7 Å². The number of carbonyl (C=O) groups is 1. The number of rotatable bonds is 5. The van der Waals surface area contributed by atoms with Crippen molar-refractivity contribution >= 4 is 16.2 Å². The zero-order chi connectivity index (χ0) is 15.5. The Hall–Kier alpha value is -0.700. The Morgan fingerprint density at radius 1 is 1.24 bits per heavy atom. The van der Waals surface area contributed by atoms with E-state index in [9.17, 15) is 13.2 Å². The molecule has 0 bridgehead atoms. The fourth-order valence-electron chi connectivity index (χ4n) is 3.19. The lowest BCUT2D eigenvalue weighted by Gasteiger charge is -2.38. The molecule has 0 saturated carbocycles. The van der Waals surface area contributed by atoms with Crippen molar-refractivity contribution < 1.29 is 18.3 Å². The van der Waals surface area contributed by atoms with E-state index in [0.29, 0.717) is 32.5 Å². The number of piperidine rings is 2. The highest BCUT2D eigenvalue weighted by Gasteiger charge is 2.37. The smallest absolute Gasteiger partial charge is 0.306 e. The van der Waals surface area contributed by atoms with Crippen LogP contribution in [0.4, 0.5) is 0 Å². The highest BCUT2D eigenvalue weighted by atomic mass is 32.2. The Kier molecular flexibility index (Phi) is 5.59. The standard InChI is InChI=1S/C13H25N3O4S/c1-2-16(12-3-7-14-8-4-12)21(19,20)15-9-5-11(6-10-15)13(17)18/h11-12,14H,2-10H2,1H3,(H,17,18). The first-order chi connectivity index (χ1) is 9.96. The van der Waals surface area contributed by atoms with Gasteiger partial charge in [0.05, 0.1) is 5.92 Å². The molecular weight excluding hydrogens is 294 g/mol. The molecule has 2 aliphatic heterocycles. The number of carboxylic acid groups (broad SMARTS) is 1. The van der Waals surface area contributed by atoms with E-state index in [-0.39, 0.29) is 6.04 Å². The summed E-state index contributed by atoms with van der Waals surface area (Å²) in [6, 6.07) is 0.0541. The molecule has 0 atom stereocenters. The maximum Gasteiger partial charge on any atom is 0.306 e. The molecule has 0 aromatic heterocycles. The Morgan fingerprint density at radius 2 is 1.81 bits per heavy atom. The number of nitrogens with one attached hydrogen (secondary N) is 1. The van der Waals surface area contributed by atoms with Crippen LogP contribution in [0.1, 0.15) is 32.6 Å². The second-order valence-electron chi connectivity index (χ2n) is 5.70. The molecule has 7 nitrogen and oxygen atoms in total. The zero-order valence-electron chi connectivity index (χ0n) is 12.5. The highest BCUT2D eigenvalue weighted by Crippen LogP contribution is 2.24. The van der Waals surface area contributed by atoms with Crippen molar-refractivity contribution in [2.24, 2.45) is 5.92 Å². The minimum atomic E-state index is -3.48. The second kappa shape index (κ2) is 7.04. The van der Waals surface area contributed by atoms with Gasteiger partial charge in [-0.05, 0) is 38.8 Å². The Bertz CT molecular complexity index is 454. The maximum atomic E-state index is 12.8. The average molecular weight is 319 g/mol. The van der Waals surface area contributed by atoms with Gasteiger partial charge >= 0.3 is 5.97 Å². The van der Waals surface area contributed by atoms with Crippen LogP contribution in [0.5, 0.6) is 0 Å². The van der Waals surface area contributed by atoms with E-state index in [1.165, 1.54) is 4.31 Å². The molecule has 2 fully saturated rings. The molecule has 21 heavy (non-hydrogen) atoms. The monoisotopic (exact) mass is 319 g/mol. The summed E-state index contributed by atoms with van der Waals surface area (Å²) < 4.78 is 28.6. The summed E-state index contributed by atoms with van der Waals surface area (Å²) in [4.78, 5) is 11.0. The van der Waals surface area contributed by atoms with Crippen LogP contribution in [0.25, 0.3) is 0 Å². The van der Waals surface area contributed by atoms with Crippen molar-refractivity contribution in [1.29, 1.82) is 0 Å². The Morgan fingerprint density at radius 3 is 2.29 bits per heavy atom. The van der Waals surface area contributed by atoms with Gasteiger partial charge in [0.25, 0.3) is 10.2 Å². The molecular formula is C13H25N3O4S. The van der Waals surface area contributed by atoms with Gasteiger partial charge in [0.1, 0.15) is 0 Å². The normalized spacial score (nSPS) is 23.5. The van der Waals surface area contributed by atoms with Crippen molar-refractivity contribution in [2.45, 2.75) is 38.6 Å². The second-order valence-corrected chi connectivity index (χ2v) is 7.58. The van der Waals surface area contributed by atoms with Gasteiger partial charge in [-0.3, -0.25) is 4.79 Å². The third-order valence-electron chi connectivity index (χ3n) is 4.45. The number of hydrogen-bond acceptors (Lipinski definition) is 4. The molecule has 2 N–H and O–H groups in total. The van der Waals surface area contributed by atoms with Gasteiger partial charge in [0.2, 0.25) is 0 Å². The van der Waals surface area contributed by atoms with Crippen molar-refractivity contribution in [3.63, 3.8) is 0 Å². The van der Waals surface area contributed by atoms with Gasteiger partial charge in [-0.1, -0.05) is 6.92 Å². The summed E-state index contributed by atoms with van der Waals surface area (Å²) in [5.74, 6) is -1.23. The Labute approximate surface area is 126 Å². The van der Waals surface area contributed by atoms with E-state index in [4.69, 9.17) is 5.11 Å². The third kappa shape index (κ3) is 3.74. The number of nitrogens with zero attached hydrogens (tertiary/aromatic N) is 2. The lowest BCUT2D eigenvalue weighted by Crippen LogP contribution is -2.53. The topological polar surface area (TPSA) is 90.0 Å². The number of carboxylic acids is 1. The van der Waals surface area contributed by atoms with Gasteiger partial charge in [-0.15, -0.1) is 0 Å². The molecule has 0 amide bonds. The third-order valence-corrected chi connectivity index (χ3v) is 6.62. The SMILES string of the molecule is CCN(C1CCNCC1)S(=O)(=O)N1CCC(C(=O)O)CC1. The molecule has 122 valence electrons. The first kappa shape index (κ1) is 16.7. The van der Waals surface area contributed by atoms with Crippen molar-refractivity contribution in [3.8, 4) is 0 Å². The first-order valence-corrected chi connectivity index (χ1v) is 9.07. The van der Waals surface area contributed by atoms with Crippen LogP contribution in [0.3, 0.4) is 0 Å². The van der Waals surface area contributed by atoms with Crippen molar-refractivity contribution in [3.05, 3.63) is 0 Å². The van der Waals surface area contributed by atoms with Crippen LogP contribution in [0.15, 0.2) is 0 Å². The molecule has 0 unspecified atom stereocenters. The fraction of sp³-hybridized carbons (Fsp3) is 0.923. The molecule has 2 saturated heterocycles. The quantitative estimate of drug-likeness (QED) is 0.750. The van der Waals surface area contributed by atoms with Gasteiger partial charge in [0.15, 0.2) is 0 Å². The lowest BCUT2D eigenvalue weighted by molar-refractivity contribution is -0.142. The number of hydrogen-bond donors (Lipinski definition) is 2. The van der Waals surface area contributed by atoms with Gasteiger partial charge < -0.3 is 10.4 Å². The van der Waals surface area contributed by atoms with Crippen molar-refractivity contribution in [1.82, 2.24) is 13.9 Å². The average Bonchev–Trinajstić information content (AvgIpc) is 2.49. The summed E-state index contributed by atoms with van der Waals surface area (Å²) in [5, 5.41) is 12.2. The van der Waals surface area contributed by atoms with Crippen LogP contribution in [0.2, 0.25) is 0 Å². The van der Waals surface area contributed by atoms with Gasteiger partial charge in [-0.2, -0.15) is 17.0 Å². The van der Waals surface area contributed by atoms with E-state index < -0.39 is 22.1 Å². The van der Waals surface area contributed by atoms with E-state index in [2.05, 4.69) is 5.32 Å². The predicted octanol–water partition coefficient (Wildman–Crippen LogP) is 0.102. The highest BCUT2D eigenvalue weighted by molar-refractivity contribution is 7.86. The summed E-state index contributed by atoms with van der Waals surface area (Å²) in [6.45, 7) is 4.63. The largest absolute Gasteiger partial charge is 0.481 e. The van der Waals surface area contributed by atoms with Crippen LogP contribution < -0.4 is 5.32 Å². The molecule has 0 aromatic rings. The van der Waals surface area contributed by atoms with E-state index in [1.54, 1.807) is 4.31 Å². The molecule has 0 spiro atoms. The van der Waals surface area contributed by atoms with Crippen LogP contribution in [0, 0.1) is 5.92 Å². The minimum absolute atomic E-state index is 0.0541. The van der Waals surface area contributed by atoms with Crippen LogP contribution in [-0.2, 0) is 15.0 Å². The number of aliphatic carboxylic acids is 1. The summed E-state index contributed by atoms with van der Waals surface area (Å²) in [5.41, 5.74) is 0.